The summed E-state index contributed by atoms with van der Waals surface area (Å²) in [4.78, 5) is 24.9. The van der Waals surface area contributed by atoms with Gasteiger partial charge in [-0.3, -0.25) is 4.79 Å². The van der Waals surface area contributed by atoms with Gasteiger partial charge in [0.15, 0.2) is 18.2 Å². The Morgan fingerprint density at radius 3 is 2.31 bits per heavy atom. The number of hydrogen-bond acceptors (Lipinski definition) is 4. The first-order valence-electron chi connectivity index (χ1n) is 8.86. The first-order valence-corrected chi connectivity index (χ1v) is 8.86. The van der Waals surface area contributed by atoms with Gasteiger partial charge in [0, 0.05) is 18.0 Å². The molecular formula is C22H16FN3O3. The second-order valence-corrected chi connectivity index (χ2v) is 6.23. The molecule has 2 heterocycles. The Balaban J connectivity index is 1.62. The van der Waals surface area contributed by atoms with Gasteiger partial charge < -0.3 is 9.30 Å². The summed E-state index contributed by atoms with van der Waals surface area (Å²) in [6, 6.07) is 18.0. The topological polar surface area (TPSA) is 66.1 Å². The van der Waals surface area contributed by atoms with Gasteiger partial charge in [-0.1, -0.05) is 30.3 Å². The number of aromatic nitrogens is 3. The molecule has 29 heavy (non-hydrogen) atoms. The molecule has 0 saturated heterocycles. The van der Waals surface area contributed by atoms with Crippen LogP contribution in [0.5, 0.6) is 0 Å². The molecule has 0 atom stereocenters. The third kappa shape index (κ3) is 3.84. The number of hydrogen-bond donors (Lipinski definition) is 0. The summed E-state index contributed by atoms with van der Waals surface area (Å²) in [5.74, 6) is -0.917. The Labute approximate surface area is 165 Å². The average Bonchev–Trinajstić information content (AvgIpc) is 3.42. The van der Waals surface area contributed by atoms with E-state index in [9.17, 15) is 14.0 Å². The first-order chi connectivity index (χ1) is 14.1. The number of Topliss-reactive ketones (excluding diaryl/α,β-unsaturated/α-hetero) is 1. The van der Waals surface area contributed by atoms with Crippen LogP contribution in [0.15, 0.2) is 85.3 Å². The van der Waals surface area contributed by atoms with Crippen molar-refractivity contribution < 1.29 is 18.7 Å². The van der Waals surface area contributed by atoms with Gasteiger partial charge in [0.05, 0.1) is 11.9 Å². The Morgan fingerprint density at radius 2 is 1.62 bits per heavy atom. The van der Waals surface area contributed by atoms with Crippen LogP contribution in [0.2, 0.25) is 0 Å². The van der Waals surface area contributed by atoms with Crippen LogP contribution < -0.4 is 0 Å². The molecule has 0 spiro atoms. The van der Waals surface area contributed by atoms with Gasteiger partial charge in [0.2, 0.25) is 0 Å². The zero-order chi connectivity index (χ0) is 20.2. The van der Waals surface area contributed by atoms with Crippen LogP contribution in [0.1, 0.15) is 20.7 Å². The monoisotopic (exact) mass is 389 g/mol. The molecular weight excluding hydrogens is 373 g/mol. The molecule has 0 bridgehead atoms. The molecule has 7 heteroatoms. The number of ether oxygens (including phenoxy) is 1. The second-order valence-electron chi connectivity index (χ2n) is 6.23. The minimum atomic E-state index is -0.675. The molecule has 0 saturated carbocycles. The van der Waals surface area contributed by atoms with E-state index in [0.29, 0.717) is 17.1 Å². The van der Waals surface area contributed by atoms with E-state index in [1.807, 2.05) is 0 Å². The van der Waals surface area contributed by atoms with Crippen LogP contribution in [0.3, 0.4) is 0 Å². The molecule has 0 aliphatic carbocycles. The van der Waals surface area contributed by atoms with Crippen LogP contribution in [0, 0.1) is 5.82 Å². The highest BCUT2D eigenvalue weighted by atomic mass is 19.1. The number of nitrogens with zero attached hydrogens (tertiary/aromatic N) is 3. The van der Waals surface area contributed by atoms with Gasteiger partial charge in [0.1, 0.15) is 11.4 Å². The van der Waals surface area contributed by atoms with E-state index in [4.69, 9.17) is 4.74 Å². The third-order valence-electron chi connectivity index (χ3n) is 4.31. The van der Waals surface area contributed by atoms with E-state index < -0.39 is 5.97 Å². The Kier molecular flexibility index (Phi) is 5.03. The number of carbonyl (C=O) groups excluding carboxylic acids is 2. The second kappa shape index (κ2) is 7.93. The highest BCUT2D eigenvalue weighted by Gasteiger charge is 2.22. The van der Waals surface area contributed by atoms with Gasteiger partial charge in [0.25, 0.3) is 0 Å². The molecule has 6 nitrogen and oxygen atoms in total. The van der Waals surface area contributed by atoms with E-state index >= 15 is 0 Å². The Morgan fingerprint density at radius 1 is 0.931 bits per heavy atom. The van der Waals surface area contributed by atoms with E-state index in [2.05, 4.69) is 5.10 Å². The van der Waals surface area contributed by atoms with Gasteiger partial charge in [-0.25, -0.2) is 13.9 Å². The van der Waals surface area contributed by atoms with Crippen molar-refractivity contribution in [2.75, 3.05) is 6.61 Å². The summed E-state index contributed by atoms with van der Waals surface area (Å²) in [7, 11) is 0. The summed E-state index contributed by atoms with van der Waals surface area (Å²) in [5, 5.41) is 4.27. The predicted octanol–water partition coefficient (Wildman–Crippen LogP) is 3.84. The minimum absolute atomic E-state index is 0.186. The van der Waals surface area contributed by atoms with Crippen LogP contribution in [-0.4, -0.2) is 32.7 Å². The van der Waals surface area contributed by atoms with Crippen molar-refractivity contribution in [3.8, 4) is 11.5 Å². The summed E-state index contributed by atoms with van der Waals surface area (Å²) in [5.41, 5.74) is 1.23. The Hall–Kier alpha value is -4.00. The van der Waals surface area contributed by atoms with Gasteiger partial charge in [-0.2, -0.15) is 5.10 Å². The van der Waals surface area contributed by atoms with Crippen molar-refractivity contribution in [3.05, 3.63) is 102 Å². The maximum Gasteiger partial charge on any atom is 0.344 e. The maximum atomic E-state index is 13.3. The highest BCUT2D eigenvalue weighted by molar-refractivity contribution is 6.00. The van der Waals surface area contributed by atoms with Crippen molar-refractivity contribution in [2.24, 2.45) is 0 Å². The molecule has 0 aliphatic rings. The largest absolute Gasteiger partial charge is 0.454 e. The summed E-state index contributed by atoms with van der Waals surface area (Å²) >= 11 is 0. The summed E-state index contributed by atoms with van der Waals surface area (Å²) < 4.78 is 21.7. The zero-order valence-electron chi connectivity index (χ0n) is 15.2. The molecule has 0 aliphatic heterocycles. The summed E-state index contributed by atoms with van der Waals surface area (Å²) in [6.45, 7) is -0.379. The fourth-order valence-electron chi connectivity index (χ4n) is 2.90. The number of ketones is 1. The van der Waals surface area contributed by atoms with Crippen molar-refractivity contribution in [1.29, 1.82) is 0 Å². The number of esters is 1. The lowest BCUT2D eigenvalue weighted by atomic mass is 10.1. The predicted molar refractivity (Wildman–Crippen MR) is 104 cm³/mol. The van der Waals surface area contributed by atoms with Gasteiger partial charge >= 0.3 is 5.97 Å². The van der Waals surface area contributed by atoms with E-state index in [1.165, 1.54) is 23.0 Å². The van der Waals surface area contributed by atoms with Crippen molar-refractivity contribution in [3.63, 3.8) is 0 Å². The van der Waals surface area contributed by atoms with Crippen molar-refractivity contribution >= 4 is 11.8 Å². The Bertz CT molecular complexity index is 1130. The van der Waals surface area contributed by atoms with E-state index in [-0.39, 0.29) is 23.8 Å². The SMILES string of the molecule is O=C(COC(=O)c1cnn(-c2ccc(F)cc2)c1-n1cccc1)c1ccccc1. The molecule has 0 unspecified atom stereocenters. The highest BCUT2D eigenvalue weighted by Crippen LogP contribution is 2.21. The quantitative estimate of drug-likeness (QED) is 0.371. The maximum absolute atomic E-state index is 13.3. The minimum Gasteiger partial charge on any atom is -0.454 e. The number of halogens is 1. The zero-order valence-corrected chi connectivity index (χ0v) is 15.2. The number of benzene rings is 2. The van der Waals surface area contributed by atoms with Crippen LogP contribution >= 0.6 is 0 Å². The fourth-order valence-corrected chi connectivity index (χ4v) is 2.90. The first kappa shape index (κ1) is 18.4. The van der Waals surface area contributed by atoms with E-state index in [1.54, 1.807) is 71.6 Å². The molecule has 0 radical (unpaired) electrons. The number of carbonyl (C=O) groups is 2. The molecule has 144 valence electrons. The smallest absolute Gasteiger partial charge is 0.344 e. The van der Waals surface area contributed by atoms with Crippen molar-refractivity contribution in [2.45, 2.75) is 0 Å². The lowest BCUT2D eigenvalue weighted by Crippen LogP contribution is -2.16. The summed E-state index contributed by atoms with van der Waals surface area (Å²) in [6.07, 6.45) is 4.87. The molecule has 0 amide bonds. The van der Waals surface area contributed by atoms with Crippen LogP contribution in [-0.2, 0) is 4.74 Å². The van der Waals surface area contributed by atoms with Crippen LogP contribution in [0.25, 0.3) is 11.5 Å². The third-order valence-corrected chi connectivity index (χ3v) is 4.31. The molecule has 0 N–H and O–H groups in total. The fraction of sp³-hybridized carbons (Fsp3) is 0.0455. The lowest BCUT2D eigenvalue weighted by Gasteiger charge is -2.11. The van der Waals surface area contributed by atoms with Crippen molar-refractivity contribution in [1.82, 2.24) is 14.3 Å². The van der Waals surface area contributed by atoms with Gasteiger partial charge in [-0.05, 0) is 36.4 Å². The molecule has 2 aromatic heterocycles. The van der Waals surface area contributed by atoms with Crippen LogP contribution in [0.4, 0.5) is 4.39 Å². The standard InChI is InChI=1S/C22H16FN3O3/c23-17-8-10-18(11-9-17)26-21(25-12-4-5-13-25)19(14-24-26)22(28)29-15-20(27)16-6-2-1-3-7-16/h1-14H,15H2. The molecule has 2 aromatic carbocycles. The average molecular weight is 389 g/mol. The van der Waals surface area contributed by atoms with E-state index in [0.717, 1.165) is 0 Å². The lowest BCUT2D eigenvalue weighted by molar-refractivity contribution is 0.0474. The number of rotatable bonds is 6. The molecule has 4 aromatic rings. The molecule has 4 rings (SSSR count). The molecule has 0 fully saturated rings. The van der Waals surface area contributed by atoms with Gasteiger partial charge in [-0.15, -0.1) is 0 Å². The normalized spacial score (nSPS) is 10.7.